The molecular weight excluding hydrogens is 587 g/mol. The highest BCUT2D eigenvalue weighted by atomic mass is 127. The molecule has 0 atom stereocenters. The molecule has 0 fully saturated rings. The second kappa shape index (κ2) is 9.96. The molecule has 1 aromatic heterocycles. The van der Waals surface area contributed by atoms with Crippen LogP contribution in [0.1, 0.15) is 11.1 Å². The van der Waals surface area contributed by atoms with Crippen molar-refractivity contribution in [2.45, 2.75) is 6.61 Å². The predicted molar refractivity (Wildman–Crippen MR) is 125 cm³/mol. The van der Waals surface area contributed by atoms with E-state index < -0.39 is 5.82 Å². The van der Waals surface area contributed by atoms with Gasteiger partial charge in [0.2, 0.25) is 5.95 Å². The summed E-state index contributed by atoms with van der Waals surface area (Å²) in [6, 6.07) is 14.0. The van der Waals surface area contributed by atoms with Gasteiger partial charge in [-0.3, -0.25) is 0 Å². The molecular formula is C19H16FI2N5O. The zero-order valence-electron chi connectivity index (χ0n) is 14.8. The van der Waals surface area contributed by atoms with Crippen LogP contribution >= 0.6 is 45.2 Å². The Morgan fingerprint density at radius 3 is 2.75 bits per heavy atom. The van der Waals surface area contributed by atoms with Crippen molar-refractivity contribution in [2.75, 3.05) is 17.8 Å². The van der Waals surface area contributed by atoms with E-state index in [1.807, 2.05) is 42.5 Å². The van der Waals surface area contributed by atoms with Gasteiger partial charge >= 0.3 is 0 Å². The molecule has 0 bridgehead atoms. The van der Waals surface area contributed by atoms with Crippen LogP contribution in [0.4, 0.5) is 16.2 Å². The summed E-state index contributed by atoms with van der Waals surface area (Å²) in [5.41, 5.74) is 4.61. The Balaban J connectivity index is 1.77. The van der Waals surface area contributed by atoms with Crippen LogP contribution < -0.4 is 15.5 Å². The van der Waals surface area contributed by atoms with Crippen molar-refractivity contribution in [1.82, 2.24) is 9.97 Å². The minimum absolute atomic E-state index is 0.100. The lowest BCUT2D eigenvalue weighted by Crippen LogP contribution is -2.04. The van der Waals surface area contributed by atoms with Gasteiger partial charge in [-0.1, -0.05) is 30.3 Å². The number of aromatic nitrogens is 2. The molecule has 0 aliphatic rings. The fourth-order valence-corrected chi connectivity index (χ4v) is 4.36. The third kappa shape index (κ3) is 5.50. The van der Waals surface area contributed by atoms with Crippen LogP contribution in [-0.4, -0.2) is 23.2 Å². The van der Waals surface area contributed by atoms with Crippen molar-refractivity contribution >= 4 is 63.2 Å². The molecule has 9 heteroatoms. The molecule has 0 spiro atoms. The van der Waals surface area contributed by atoms with Gasteiger partial charge in [-0.25, -0.2) is 14.8 Å². The Morgan fingerprint density at radius 2 is 2.00 bits per heavy atom. The summed E-state index contributed by atoms with van der Waals surface area (Å²) >= 11 is 4.49. The van der Waals surface area contributed by atoms with Gasteiger partial charge in [-0.15, -0.1) is 0 Å². The zero-order valence-corrected chi connectivity index (χ0v) is 19.1. The van der Waals surface area contributed by atoms with Gasteiger partial charge in [0.25, 0.3) is 0 Å². The van der Waals surface area contributed by atoms with Crippen molar-refractivity contribution < 1.29 is 9.13 Å². The maximum Gasteiger partial charge on any atom is 0.245 e. The van der Waals surface area contributed by atoms with Crippen LogP contribution in [0, 0.1) is 13.0 Å². The molecule has 0 unspecified atom stereocenters. The van der Waals surface area contributed by atoms with Crippen molar-refractivity contribution in [1.29, 1.82) is 0 Å². The average Bonchev–Trinajstić information content (AvgIpc) is 2.69. The van der Waals surface area contributed by atoms with Gasteiger partial charge in [-0.05, 0) is 62.9 Å². The Hall–Kier alpha value is -2.02. The van der Waals surface area contributed by atoms with Crippen LogP contribution in [0.25, 0.3) is 0 Å². The topological polar surface area (TPSA) is 71.4 Å². The Labute approximate surface area is 189 Å². The van der Waals surface area contributed by atoms with E-state index in [1.165, 1.54) is 0 Å². The molecule has 0 aliphatic carbocycles. The quantitative estimate of drug-likeness (QED) is 0.229. The fourth-order valence-electron chi connectivity index (χ4n) is 2.31. The molecule has 6 nitrogen and oxygen atoms in total. The van der Waals surface area contributed by atoms with Gasteiger partial charge in [0.05, 0.1) is 16.0 Å². The molecule has 2 N–H and O–H groups in total. The monoisotopic (exact) mass is 603 g/mol. The number of nitrogens with zero attached hydrogens (tertiary/aromatic N) is 3. The summed E-state index contributed by atoms with van der Waals surface area (Å²) in [6.45, 7) is 0.457. The lowest BCUT2D eigenvalue weighted by atomic mass is 10.2. The van der Waals surface area contributed by atoms with Gasteiger partial charge < -0.3 is 10.1 Å². The molecule has 0 aliphatic heterocycles. The van der Waals surface area contributed by atoms with Crippen molar-refractivity contribution in [3.63, 3.8) is 0 Å². The fraction of sp³-hybridized carbons (Fsp3) is 0.105. The Bertz CT molecular complexity index is 986. The molecule has 144 valence electrons. The molecule has 0 amide bonds. The highest BCUT2D eigenvalue weighted by molar-refractivity contribution is 14.1. The molecule has 0 radical (unpaired) electrons. The van der Waals surface area contributed by atoms with E-state index in [2.05, 4.69) is 71.0 Å². The third-order valence-electron chi connectivity index (χ3n) is 3.61. The lowest BCUT2D eigenvalue weighted by Gasteiger charge is -2.12. The van der Waals surface area contributed by atoms with E-state index in [0.29, 0.717) is 6.61 Å². The van der Waals surface area contributed by atoms with Crippen LogP contribution in [0.2, 0.25) is 0 Å². The maximum absolute atomic E-state index is 13.5. The van der Waals surface area contributed by atoms with E-state index >= 15 is 0 Å². The number of hydrogen-bond acceptors (Lipinski definition) is 6. The number of hydrazone groups is 1. The molecule has 0 saturated carbocycles. The highest BCUT2D eigenvalue weighted by Gasteiger charge is 2.10. The molecule has 1 heterocycles. The van der Waals surface area contributed by atoms with E-state index in [4.69, 9.17) is 4.74 Å². The van der Waals surface area contributed by atoms with Crippen LogP contribution in [0.3, 0.4) is 0 Å². The third-order valence-corrected chi connectivity index (χ3v) is 5.04. The first-order chi connectivity index (χ1) is 13.6. The lowest BCUT2D eigenvalue weighted by molar-refractivity contribution is 0.303. The highest BCUT2D eigenvalue weighted by Crippen LogP contribution is 2.28. The number of rotatable bonds is 7. The average molecular weight is 603 g/mol. The smallest absolute Gasteiger partial charge is 0.245 e. The predicted octanol–water partition coefficient (Wildman–Crippen LogP) is 4.89. The molecule has 2 aromatic carbocycles. The number of anilines is 2. The summed E-state index contributed by atoms with van der Waals surface area (Å²) in [5, 5.41) is 6.84. The number of nitrogens with one attached hydrogen (secondary N) is 2. The van der Waals surface area contributed by atoms with Gasteiger partial charge in [0.15, 0.2) is 11.6 Å². The van der Waals surface area contributed by atoms with E-state index in [0.717, 1.165) is 30.2 Å². The number of benzene rings is 2. The minimum atomic E-state index is -0.527. The standard InChI is InChI=1S/C19H16FI2N5O/c1-23-18-15(20)10-24-19(26-18)27-25-9-13-7-14(21)8-16(22)17(13)28-11-12-5-3-2-4-6-12/h2-10H,11H2,1H3,(H2,23,24,26,27). The normalized spacial score (nSPS) is 10.9. The van der Waals surface area contributed by atoms with E-state index in [9.17, 15) is 4.39 Å². The molecule has 3 aromatic rings. The van der Waals surface area contributed by atoms with E-state index in [-0.39, 0.29) is 11.8 Å². The van der Waals surface area contributed by atoms with Crippen LogP contribution in [0.15, 0.2) is 53.8 Å². The minimum Gasteiger partial charge on any atom is -0.487 e. The first-order valence-electron chi connectivity index (χ1n) is 8.22. The summed E-state index contributed by atoms with van der Waals surface area (Å²) in [6.07, 6.45) is 2.72. The second-order valence-electron chi connectivity index (χ2n) is 5.59. The number of hydrogen-bond donors (Lipinski definition) is 2. The van der Waals surface area contributed by atoms with Crippen molar-refractivity contribution in [3.8, 4) is 5.75 Å². The van der Waals surface area contributed by atoms with Crippen molar-refractivity contribution in [2.24, 2.45) is 5.10 Å². The first-order valence-corrected chi connectivity index (χ1v) is 10.4. The summed E-state index contributed by atoms with van der Waals surface area (Å²) in [4.78, 5) is 7.87. The first kappa shape index (κ1) is 20.7. The van der Waals surface area contributed by atoms with Gasteiger partial charge in [0.1, 0.15) is 12.4 Å². The van der Waals surface area contributed by atoms with Crippen LogP contribution in [0.5, 0.6) is 5.75 Å². The van der Waals surface area contributed by atoms with Crippen molar-refractivity contribution in [3.05, 3.63) is 72.7 Å². The number of halogens is 3. The van der Waals surface area contributed by atoms with Crippen LogP contribution in [-0.2, 0) is 6.61 Å². The summed E-state index contributed by atoms with van der Waals surface area (Å²) in [5.74, 6) is 0.504. The number of ether oxygens (including phenoxy) is 1. The second-order valence-corrected chi connectivity index (χ2v) is 8.00. The van der Waals surface area contributed by atoms with Gasteiger partial charge in [0, 0.05) is 16.2 Å². The SMILES string of the molecule is CNc1nc(NN=Cc2cc(I)cc(I)c2OCc2ccccc2)ncc1F. The summed E-state index contributed by atoms with van der Waals surface area (Å²) < 4.78 is 21.5. The molecule has 0 saturated heterocycles. The Morgan fingerprint density at radius 1 is 1.21 bits per heavy atom. The Kier molecular flexibility index (Phi) is 7.36. The molecule has 28 heavy (non-hydrogen) atoms. The summed E-state index contributed by atoms with van der Waals surface area (Å²) in [7, 11) is 1.59. The molecule has 3 rings (SSSR count). The van der Waals surface area contributed by atoms with E-state index in [1.54, 1.807) is 13.3 Å². The maximum atomic E-state index is 13.5. The largest absolute Gasteiger partial charge is 0.487 e. The zero-order chi connectivity index (χ0) is 19.9. The van der Waals surface area contributed by atoms with Gasteiger partial charge in [-0.2, -0.15) is 10.1 Å².